The van der Waals surface area contributed by atoms with Crippen LogP contribution < -0.4 is 5.32 Å². The fourth-order valence-corrected chi connectivity index (χ4v) is 2.78. The van der Waals surface area contributed by atoms with Gasteiger partial charge in [-0.3, -0.25) is 4.79 Å². The number of hydrogen-bond acceptors (Lipinski definition) is 1. The van der Waals surface area contributed by atoms with E-state index in [4.69, 9.17) is 0 Å². The maximum absolute atomic E-state index is 12.8. The monoisotopic (exact) mass is 289 g/mol. The fraction of sp³-hybridized carbons (Fsp3) is 0.150. The highest BCUT2D eigenvalue weighted by Gasteiger charge is 2.15. The van der Waals surface area contributed by atoms with E-state index in [1.165, 1.54) is 0 Å². The molecule has 0 bridgehead atoms. The summed E-state index contributed by atoms with van der Waals surface area (Å²) >= 11 is 0. The maximum Gasteiger partial charge on any atom is 0.252 e. The largest absolute Gasteiger partial charge is 0.345 e. The van der Waals surface area contributed by atoms with Crippen molar-refractivity contribution in [3.05, 3.63) is 83.4 Å². The normalized spacial score (nSPS) is 12.1. The summed E-state index contributed by atoms with van der Waals surface area (Å²) in [6, 6.07) is 22.1. The molecule has 3 rings (SSSR count). The second kappa shape index (κ2) is 6.02. The highest BCUT2D eigenvalue weighted by molar-refractivity contribution is 6.08. The fourth-order valence-electron chi connectivity index (χ4n) is 2.78. The Hall–Kier alpha value is -2.61. The minimum absolute atomic E-state index is 0.0212. The van der Waals surface area contributed by atoms with E-state index >= 15 is 0 Å². The lowest BCUT2D eigenvalue weighted by molar-refractivity contribution is 0.0941. The molecule has 2 heteroatoms. The number of nitrogens with one attached hydrogen (secondary N) is 1. The minimum Gasteiger partial charge on any atom is -0.345 e. The molecule has 0 aliphatic carbocycles. The van der Waals surface area contributed by atoms with Crippen LogP contribution in [-0.2, 0) is 0 Å². The first-order chi connectivity index (χ1) is 10.7. The van der Waals surface area contributed by atoms with Crippen molar-refractivity contribution in [3.8, 4) is 0 Å². The number of hydrogen-bond donors (Lipinski definition) is 1. The topological polar surface area (TPSA) is 29.1 Å². The average molecular weight is 289 g/mol. The molecule has 3 aromatic rings. The van der Waals surface area contributed by atoms with Gasteiger partial charge in [0.1, 0.15) is 0 Å². The molecule has 2 nitrogen and oxygen atoms in total. The molecular formula is C20H19NO. The van der Waals surface area contributed by atoms with Crippen LogP contribution in [0.2, 0.25) is 0 Å². The van der Waals surface area contributed by atoms with E-state index in [2.05, 4.69) is 11.4 Å². The highest BCUT2D eigenvalue weighted by atomic mass is 16.1. The summed E-state index contributed by atoms with van der Waals surface area (Å²) in [5.74, 6) is -0.0225. The molecular weight excluding hydrogens is 270 g/mol. The predicted molar refractivity (Wildman–Crippen MR) is 91.0 cm³/mol. The maximum atomic E-state index is 12.8. The lowest BCUT2D eigenvalue weighted by Crippen LogP contribution is -2.27. The summed E-state index contributed by atoms with van der Waals surface area (Å²) in [6.45, 7) is 3.99. The molecule has 0 fully saturated rings. The number of benzene rings is 3. The summed E-state index contributed by atoms with van der Waals surface area (Å²) in [7, 11) is 0. The van der Waals surface area contributed by atoms with Gasteiger partial charge in [0.2, 0.25) is 0 Å². The number of carbonyl (C=O) groups is 1. The van der Waals surface area contributed by atoms with E-state index in [-0.39, 0.29) is 11.9 Å². The quantitative estimate of drug-likeness (QED) is 0.747. The van der Waals surface area contributed by atoms with E-state index < -0.39 is 0 Å². The Kier molecular flexibility index (Phi) is 3.92. The lowest BCUT2D eigenvalue weighted by atomic mass is 9.98. The zero-order chi connectivity index (χ0) is 15.5. The molecule has 110 valence electrons. The number of carbonyl (C=O) groups excluding carboxylic acids is 1. The SMILES string of the molecule is Cc1ccc2ccccc2c1C(=O)NC(C)c1ccccc1. The molecule has 3 aromatic carbocycles. The van der Waals surface area contributed by atoms with Crippen LogP contribution >= 0.6 is 0 Å². The van der Waals surface area contributed by atoms with Gasteiger partial charge in [0.25, 0.3) is 5.91 Å². The molecule has 1 amide bonds. The Morgan fingerprint density at radius 2 is 1.59 bits per heavy atom. The third-order valence-corrected chi connectivity index (χ3v) is 4.01. The molecule has 0 heterocycles. The highest BCUT2D eigenvalue weighted by Crippen LogP contribution is 2.23. The second-order valence-electron chi connectivity index (χ2n) is 5.58. The molecule has 0 aromatic heterocycles. The first-order valence-electron chi connectivity index (χ1n) is 7.51. The van der Waals surface area contributed by atoms with E-state index in [0.717, 1.165) is 27.5 Å². The molecule has 0 aliphatic rings. The minimum atomic E-state index is -0.0225. The van der Waals surface area contributed by atoms with Crippen LogP contribution in [0.5, 0.6) is 0 Å². The van der Waals surface area contributed by atoms with Crippen LogP contribution in [0, 0.1) is 6.92 Å². The Balaban J connectivity index is 1.94. The first kappa shape index (κ1) is 14.3. The lowest BCUT2D eigenvalue weighted by Gasteiger charge is -2.16. The Bertz CT molecular complexity index is 808. The third kappa shape index (κ3) is 2.73. The standard InChI is InChI=1S/C20H19NO/c1-14-12-13-17-10-6-7-11-18(17)19(14)20(22)21-15(2)16-8-4-3-5-9-16/h3-13,15H,1-2H3,(H,21,22). The van der Waals surface area contributed by atoms with Gasteiger partial charge in [0.05, 0.1) is 11.6 Å². The van der Waals surface area contributed by atoms with Gasteiger partial charge in [-0.15, -0.1) is 0 Å². The summed E-state index contributed by atoms with van der Waals surface area (Å²) in [5.41, 5.74) is 2.87. The van der Waals surface area contributed by atoms with Crippen molar-refractivity contribution in [1.29, 1.82) is 0 Å². The van der Waals surface area contributed by atoms with Gasteiger partial charge in [-0.25, -0.2) is 0 Å². The molecule has 0 spiro atoms. The second-order valence-corrected chi connectivity index (χ2v) is 5.58. The van der Waals surface area contributed by atoms with E-state index in [1.54, 1.807) is 0 Å². The van der Waals surface area contributed by atoms with Crippen molar-refractivity contribution in [2.24, 2.45) is 0 Å². The van der Waals surface area contributed by atoms with E-state index in [9.17, 15) is 4.79 Å². The van der Waals surface area contributed by atoms with Crippen molar-refractivity contribution >= 4 is 16.7 Å². The number of rotatable bonds is 3. The molecule has 0 aliphatic heterocycles. The predicted octanol–water partition coefficient (Wildman–Crippen LogP) is 4.64. The Labute approximate surface area is 130 Å². The van der Waals surface area contributed by atoms with Crippen LogP contribution in [0.4, 0.5) is 0 Å². The molecule has 1 N–H and O–H groups in total. The van der Waals surface area contributed by atoms with Crippen molar-refractivity contribution in [3.63, 3.8) is 0 Å². The number of aryl methyl sites for hydroxylation is 1. The first-order valence-corrected chi connectivity index (χ1v) is 7.51. The van der Waals surface area contributed by atoms with Gasteiger partial charge in [-0.05, 0) is 35.7 Å². The number of fused-ring (bicyclic) bond motifs is 1. The van der Waals surface area contributed by atoms with Crippen molar-refractivity contribution in [1.82, 2.24) is 5.32 Å². The zero-order valence-corrected chi connectivity index (χ0v) is 12.8. The molecule has 0 radical (unpaired) electrons. The Morgan fingerprint density at radius 1 is 0.909 bits per heavy atom. The summed E-state index contributed by atoms with van der Waals surface area (Å²) in [5, 5.41) is 5.20. The smallest absolute Gasteiger partial charge is 0.252 e. The van der Waals surface area contributed by atoms with Gasteiger partial charge in [0, 0.05) is 0 Å². The number of amides is 1. The third-order valence-electron chi connectivity index (χ3n) is 4.01. The van der Waals surface area contributed by atoms with Gasteiger partial charge >= 0.3 is 0 Å². The summed E-state index contributed by atoms with van der Waals surface area (Å²) in [4.78, 5) is 12.8. The van der Waals surface area contributed by atoms with Crippen LogP contribution in [0.25, 0.3) is 10.8 Å². The van der Waals surface area contributed by atoms with Crippen molar-refractivity contribution in [2.45, 2.75) is 19.9 Å². The van der Waals surface area contributed by atoms with Crippen LogP contribution in [0.1, 0.15) is 34.5 Å². The van der Waals surface area contributed by atoms with E-state index in [0.29, 0.717) is 0 Å². The van der Waals surface area contributed by atoms with Crippen LogP contribution in [0.15, 0.2) is 66.7 Å². The molecule has 1 unspecified atom stereocenters. The molecule has 1 atom stereocenters. The van der Waals surface area contributed by atoms with Crippen molar-refractivity contribution in [2.75, 3.05) is 0 Å². The summed E-state index contributed by atoms with van der Waals surface area (Å²) < 4.78 is 0. The average Bonchev–Trinajstić information content (AvgIpc) is 2.55. The molecule has 0 saturated carbocycles. The molecule has 22 heavy (non-hydrogen) atoms. The molecule has 0 saturated heterocycles. The van der Waals surface area contributed by atoms with Crippen LogP contribution in [0.3, 0.4) is 0 Å². The van der Waals surface area contributed by atoms with Gasteiger partial charge in [0.15, 0.2) is 0 Å². The van der Waals surface area contributed by atoms with Crippen LogP contribution in [-0.4, -0.2) is 5.91 Å². The van der Waals surface area contributed by atoms with Gasteiger partial charge in [-0.2, -0.15) is 0 Å². The van der Waals surface area contributed by atoms with Gasteiger partial charge in [-0.1, -0.05) is 66.7 Å². The van der Waals surface area contributed by atoms with Crippen molar-refractivity contribution < 1.29 is 4.79 Å². The van der Waals surface area contributed by atoms with Gasteiger partial charge < -0.3 is 5.32 Å². The van der Waals surface area contributed by atoms with E-state index in [1.807, 2.05) is 74.5 Å². The zero-order valence-electron chi connectivity index (χ0n) is 12.8. The summed E-state index contributed by atoms with van der Waals surface area (Å²) in [6.07, 6.45) is 0. The Morgan fingerprint density at radius 3 is 2.36 bits per heavy atom.